The van der Waals surface area contributed by atoms with E-state index in [0.717, 1.165) is 25.3 Å². The molecule has 3 atom stereocenters. The summed E-state index contributed by atoms with van der Waals surface area (Å²) in [5.41, 5.74) is 0. The van der Waals surface area contributed by atoms with Crippen molar-refractivity contribution in [2.45, 2.75) is 52.1 Å². The number of hydrogen-bond donors (Lipinski definition) is 1. The van der Waals surface area contributed by atoms with Gasteiger partial charge in [-0.15, -0.1) is 0 Å². The van der Waals surface area contributed by atoms with E-state index >= 15 is 0 Å². The van der Waals surface area contributed by atoms with Crippen LogP contribution in [0.5, 0.6) is 0 Å². The van der Waals surface area contributed by atoms with E-state index < -0.39 is 5.97 Å². The van der Waals surface area contributed by atoms with Crippen molar-refractivity contribution in [3.8, 4) is 0 Å². The minimum Gasteiger partial charge on any atom is -0.480 e. The molecule has 1 saturated heterocycles. The average Bonchev–Trinajstić information content (AvgIpc) is 2.09. The van der Waals surface area contributed by atoms with Crippen molar-refractivity contribution < 1.29 is 9.90 Å². The van der Waals surface area contributed by atoms with Gasteiger partial charge in [-0.05, 0) is 38.6 Å². The number of hydrogen-bond acceptors (Lipinski definition) is 2. The highest BCUT2D eigenvalue weighted by molar-refractivity contribution is 5.73. The van der Waals surface area contributed by atoms with Gasteiger partial charge in [0.25, 0.3) is 0 Å². The Bertz CT molecular complexity index is 205. The number of carbonyl (C=O) groups is 1. The summed E-state index contributed by atoms with van der Waals surface area (Å²) in [6, 6.07) is 0.136. The molecular weight excluding hydrogens is 178 g/mol. The fourth-order valence-corrected chi connectivity index (χ4v) is 2.44. The van der Waals surface area contributed by atoms with Gasteiger partial charge in [0.2, 0.25) is 0 Å². The zero-order valence-corrected chi connectivity index (χ0v) is 9.36. The van der Waals surface area contributed by atoms with E-state index in [-0.39, 0.29) is 6.04 Å². The first-order chi connectivity index (χ1) is 6.56. The maximum Gasteiger partial charge on any atom is 0.320 e. The number of aliphatic carboxylic acids is 1. The summed E-state index contributed by atoms with van der Waals surface area (Å²) < 4.78 is 0. The van der Waals surface area contributed by atoms with Gasteiger partial charge in [0, 0.05) is 6.04 Å². The molecule has 1 heterocycles. The maximum atomic E-state index is 11.0. The number of carboxylic acids is 1. The number of rotatable bonds is 3. The summed E-state index contributed by atoms with van der Waals surface area (Å²) in [4.78, 5) is 13.2. The van der Waals surface area contributed by atoms with Crippen LogP contribution >= 0.6 is 0 Å². The maximum absolute atomic E-state index is 11.0. The number of nitrogens with zero attached hydrogens (tertiary/aromatic N) is 1. The van der Waals surface area contributed by atoms with Gasteiger partial charge in [0.1, 0.15) is 6.04 Å². The molecule has 1 fully saturated rings. The minimum atomic E-state index is -0.672. The Balaban J connectivity index is 2.62. The SMILES string of the molecule is CCC(C(=O)O)N1CCC(C)CC1C. The highest BCUT2D eigenvalue weighted by Gasteiger charge is 2.31. The van der Waals surface area contributed by atoms with Crippen LogP contribution in [0.3, 0.4) is 0 Å². The van der Waals surface area contributed by atoms with Crippen molar-refractivity contribution in [1.29, 1.82) is 0 Å². The Kier molecular flexibility index (Phi) is 3.93. The highest BCUT2D eigenvalue weighted by atomic mass is 16.4. The van der Waals surface area contributed by atoms with Gasteiger partial charge >= 0.3 is 5.97 Å². The molecule has 0 amide bonds. The van der Waals surface area contributed by atoms with Crippen LogP contribution in [0, 0.1) is 5.92 Å². The molecule has 1 aliphatic heterocycles. The van der Waals surface area contributed by atoms with Crippen molar-refractivity contribution in [3.63, 3.8) is 0 Å². The Hall–Kier alpha value is -0.570. The molecule has 1 rings (SSSR count). The highest BCUT2D eigenvalue weighted by Crippen LogP contribution is 2.24. The number of piperidine rings is 1. The van der Waals surface area contributed by atoms with Crippen LogP contribution in [0.25, 0.3) is 0 Å². The molecule has 0 aliphatic carbocycles. The normalized spacial score (nSPS) is 31.4. The van der Waals surface area contributed by atoms with Crippen LogP contribution in [0.15, 0.2) is 0 Å². The third-order valence-corrected chi connectivity index (χ3v) is 3.26. The van der Waals surface area contributed by atoms with Gasteiger partial charge in [0.05, 0.1) is 0 Å². The van der Waals surface area contributed by atoms with Crippen molar-refractivity contribution in [2.75, 3.05) is 6.54 Å². The number of carboxylic acid groups (broad SMARTS) is 1. The molecule has 3 heteroatoms. The molecule has 3 nitrogen and oxygen atoms in total. The van der Waals surface area contributed by atoms with Gasteiger partial charge in [-0.1, -0.05) is 13.8 Å². The van der Waals surface area contributed by atoms with Crippen molar-refractivity contribution >= 4 is 5.97 Å². The molecule has 0 bridgehead atoms. The van der Waals surface area contributed by atoms with Crippen molar-refractivity contribution in [1.82, 2.24) is 4.90 Å². The van der Waals surface area contributed by atoms with E-state index in [0.29, 0.717) is 12.5 Å². The van der Waals surface area contributed by atoms with Crippen LogP contribution in [-0.2, 0) is 4.79 Å². The van der Waals surface area contributed by atoms with Crippen LogP contribution in [0.4, 0.5) is 0 Å². The summed E-state index contributed by atoms with van der Waals surface area (Å²) in [5, 5.41) is 9.07. The standard InChI is InChI=1S/C11H21NO2/c1-4-10(11(13)14)12-6-5-8(2)7-9(12)3/h8-10H,4-7H2,1-3H3,(H,13,14). The second-order valence-corrected chi connectivity index (χ2v) is 4.48. The third kappa shape index (κ3) is 2.47. The second kappa shape index (κ2) is 4.78. The molecule has 0 aromatic heterocycles. The molecule has 0 spiro atoms. The van der Waals surface area contributed by atoms with E-state index in [1.807, 2.05) is 6.92 Å². The lowest BCUT2D eigenvalue weighted by atomic mass is 9.91. The van der Waals surface area contributed by atoms with Crippen molar-refractivity contribution in [3.05, 3.63) is 0 Å². The molecule has 1 aliphatic rings. The minimum absolute atomic E-state index is 0.280. The van der Waals surface area contributed by atoms with E-state index in [2.05, 4.69) is 18.7 Å². The van der Waals surface area contributed by atoms with Crippen LogP contribution in [0.2, 0.25) is 0 Å². The summed E-state index contributed by atoms with van der Waals surface area (Å²) in [7, 11) is 0. The second-order valence-electron chi connectivity index (χ2n) is 4.48. The number of likely N-dealkylation sites (tertiary alicyclic amines) is 1. The third-order valence-electron chi connectivity index (χ3n) is 3.26. The van der Waals surface area contributed by atoms with E-state index in [4.69, 9.17) is 5.11 Å². The molecule has 82 valence electrons. The Labute approximate surface area is 86.1 Å². The summed E-state index contributed by atoms with van der Waals surface area (Å²) >= 11 is 0. The molecular formula is C11H21NO2. The predicted octanol–water partition coefficient (Wildman–Crippen LogP) is 1.97. The smallest absolute Gasteiger partial charge is 0.320 e. The molecule has 14 heavy (non-hydrogen) atoms. The molecule has 0 aromatic rings. The van der Waals surface area contributed by atoms with Gasteiger partial charge < -0.3 is 5.11 Å². The summed E-state index contributed by atoms with van der Waals surface area (Å²) in [6.07, 6.45) is 2.96. The lowest BCUT2D eigenvalue weighted by Gasteiger charge is -2.39. The van der Waals surface area contributed by atoms with Crippen LogP contribution in [0.1, 0.15) is 40.0 Å². The molecule has 1 N–H and O–H groups in total. The quantitative estimate of drug-likeness (QED) is 0.755. The zero-order valence-electron chi connectivity index (χ0n) is 9.36. The average molecular weight is 199 g/mol. The zero-order chi connectivity index (χ0) is 10.7. The van der Waals surface area contributed by atoms with Gasteiger partial charge in [-0.2, -0.15) is 0 Å². The Morgan fingerprint density at radius 1 is 1.57 bits per heavy atom. The van der Waals surface area contributed by atoms with Gasteiger partial charge in [-0.3, -0.25) is 9.69 Å². The molecule has 0 saturated carbocycles. The summed E-state index contributed by atoms with van der Waals surface area (Å²) in [6.45, 7) is 7.27. The largest absolute Gasteiger partial charge is 0.480 e. The first-order valence-electron chi connectivity index (χ1n) is 5.54. The van der Waals surface area contributed by atoms with E-state index in [9.17, 15) is 4.79 Å². The van der Waals surface area contributed by atoms with Crippen LogP contribution < -0.4 is 0 Å². The predicted molar refractivity (Wildman–Crippen MR) is 56.3 cm³/mol. The molecule has 3 unspecified atom stereocenters. The first-order valence-corrected chi connectivity index (χ1v) is 5.54. The monoisotopic (exact) mass is 199 g/mol. The Morgan fingerprint density at radius 2 is 2.21 bits per heavy atom. The summed E-state index contributed by atoms with van der Waals surface area (Å²) in [5.74, 6) is 0.0708. The van der Waals surface area contributed by atoms with E-state index in [1.165, 1.54) is 0 Å². The lowest BCUT2D eigenvalue weighted by molar-refractivity contribution is -0.145. The van der Waals surface area contributed by atoms with Crippen molar-refractivity contribution in [2.24, 2.45) is 5.92 Å². The fraction of sp³-hybridized carbons (Fsp3) is 0.909. The van der Waals surface area contributed by atoms with Gasteiger partial charge in [0.15, 0.2) is 0 Å². The first kappa shape index (κ1) is 11.5. The fourth-order valence-electron chi connectivity index (χ4n) is 2.44. The van der Waals surface area contributed by atoms with E-state index in [1.54, 1.807) is 0 Å². The topological polar surface area (TPSA) is 40.5 Å². The Morgan fingerprint density at radius 3 is 2.64 bits per heavy atom. The molecule has 0 radical (unpaired) electrons. The molecule has 0 aromatic carbocycles. The van der Waals surface area contributed by atoms with Crippen LogP contribution in [-0.4, -0.2) is 34.6 Å². The lowest BCUT2D eigenvalue weighted by Crippen LogP contribution is -2.49. The van der Waals surface area contributed by atoms with Gasteiger partial charge in [-0.25, -0.2) is 0 Å².